The third-order valence-corrected chi connectivity index (χ3v) is 4.13. The molecule has 1 saturated heterocycles. The molecule has 1 amide bonds. The predicted molar refractivity (Wildman–Crippen MR) is 94.4 cm³/mol. The van der Waals surface area contributed by atoms with Crippen LogP contribution in [0.2, 0.25) is 0 Å². The maximum absolute atomic E-state index is 11.4. The molecule has 0 bridgehead atoms. The molecule has 0 spiro atoms. The van der Waals surface area contributed by atoms with Crippen LogP contribution in [0.15, 0.2) is 36.4 Å². The number of nitrogens with zero attached hydrogens (tertiary/aromatic N) is 3. The highest BCUT2D eigenvalue weighted by Crippen LogP contribution is 2.26. The SMILES string of the molecule is CC(=O)Nc1cccc2nc3cc(N4CCOCC4)ccc3nc12. The lowest BCUT2D eigenvalue weighted by Crippen LogP contribution is -2.36. The van der Waals surface area contributed by atoms with Gasteiger partial charge in [-0.2, -0.15) is 0 Å². The topological polar surface area (TPSA) is 67.4 Å². The van der Waals surface area contributed by atoms with Crippen LogP contribution in [-0.2, 0) is 9.53 Å². The summed E-state index contributed by atoms with van der Waals surface area (Å²) in [7, 11) is 0. The van der Waals surface area contributed by atoms with E-state index in [1.165, 1.54) is 6.92 Å². The van der Waals surface area contributed by atoms with Crippen LogP contribution in [0.25, 0.3) is 22.1 Å². The van der Waals surface area contributed by atoms with Gasteiger partial charge in [-0.1, -0.05) is 6.07 Å². The zero-order chi connectivity index (χ0) is 16.5. The van der Waals surface area contributed by atoms with Crippen molar-refractivity contribution >= 4 is 39.3 Å². The Hall–Kier alpha value is -2.73. The number of anilines is 2. The van der Waals surface area contributed by atoms with E-state index in [2.05, 4.69) is 22.3 Å². The smallest absolute Gasteiger partial charge is 0.221 e. The van der Waals surface area contributed by atoms with E-state index in [0.717, 1.165) is 48.5 Å². The number of hydrogen-bond acceptors (Lipinski definition) is 5. The van der Waals surface area contributed by atoms with Gasteiger partial charge in [0.25, 0.3) is 0 Å². The van der Waals surface area contributed by atoms with Crippen molar-refractivity contribution in [2.75, 3.05) is 36.5 Å². The maximum atomic E-state index is 11.4. The van der Waals surface area contributed by atoms with Gasteiger partial charge in [0.05, 0.1) is 35.5 Å². The molecule has 2 aromatic carbocycles. The molecular weight excluding hydrogens is 304 g/mol. The van der Waals surface area contributed by atoms with Gasteiger partial charge >= 0.3 is 0 Å². The molecule has 0 unspecified atom stereocenters. The zero-order valence-electron chi connectivity index (χ0n) is 13.5. The highest BCUT2D eigenvalue weighted by atomic mass is 16.5. The molecule has 122 valence electrons. The molecule has 1 N–H and O–H groups in total. The van der Waals surface area contributed by atoms with E-state index in [9.17, 15) is 4.79 Å². The number of para-hydroxylation sites is 1. The highest BCUT2D eigenvalue weighted by molar-refractivity contribution is 6.00. The first-order valence-electron chi connectivity index (χ1n) is 8.01. The number of carbonyl (C=O) groups is 1. The summed E-state index contributed by atoms with van der Waals surface area (Å²) in [6.07, 6.45) is 0. The van der Waals surface area contributed by atoms with Crippen LogP contribution in [0, 0.1) is 0 Å². The summed E-state index contributed by atoms with van der Waals surface area (Å²) in [6, 6.07) is 11.7. The molecule has 6 nitrogen and oxygen atoms in total. The van der Waals surface area contributed by atoms with Crippen LogP contribution in [0.5, 0.6) is 0 Å². The summed E-state index contributed by atoms with van der Waals surface area (Å²) < 4.78 is 5.41. The number of ether oxygens (including phenoxy) is 1. The summed E-state index contributed by atoms with van der Waals surface area (Å²) in [4.78, 5) is 23.1. The van der Waals surface area contributed by atoms with Crippen molar-refractivity contribution < 1.29 is 9.53 Å². The number of morpholine rings is 1. The van der Waals surface area contributed by atoms with Gasteiger partial charge in [0.15, 0.2) is 0 Å². The average Bonchev–Trinajstić information content (AvgIpc) is 2.60. The number of amides is 1. The third kappa shape index (κ3) is 2.76. The fourth-order valence-electron chi connectivity index (χ4n) is 2.99. The molecule has 1 aromatic heterocycles. The fraction of sp³-hybridized carbons (Fsp3) is 0.278. The zero-order valence-corrected chi connectivity index (χ0v) is 13.5. The first-order chi connectivity index (χ1) is 11.7. The molecule has 1 aliphatic rings. The van der Waals surface area contributed by atoms with Crippen LogP contribution >= 0.6 is 0 Å². The highest BCUT2D eigenvalue weighted by Gasteiger charge is 2.13. The Balaban J connectivity index is 1.80. The average molecular weight is 322 g/mol. The summed E-state index contributed by atoms with van der Waals surface area (Å²) >= 11 is 0. The van der Waals surface area contributed by atoms with Crippen LogP contribution in [0.1, 0.15) is 6.92 Å². The Kier molecular flexibility index (Phi) is 3.74. The van der Waals surface area contributed by atoms with Crippen LogP contribution in [0.3, 0.4) is 0 Å². The first-order valence-corrected chi connectivity index (χ1v) is 8.01. The van der Waals surface area contributed by atoms with E-state index in [4.69, 9.17) is 14.7 Å². The molecule has 0 atom stereocenters. The van der Waals surface area contributed by atoms with E-state index >= 15 is 0 Å². The van der Waals surface area contributed by atoms with E-state index < -0.39 is 0 Å². The van der Waals surface area contributed by atoms with Crippen LogP contribution < -0.4 is 10.2 Å². The molecule has 0 saturated carbocycles. The third-order valence-electron chi connectivity index (χ3n) is 4.13. The second kappa shape index (κ2) is 6.05. The molecular formula is C18H18N4O2. The standard InChI is InChI=1S/C18H18N4O2/c1-12(23)19-15-3-2-4-16-18(15)21-14-6-5-13(11-17(14)20-16)22-7-9-24-10-8-22/h2-6,11H,7-10H2,1H3,(H,19,23). The van der Waals surface area contributed by atoms with Crippen molar-refractivity contribution in [3.8, 4) is 0 Å². The molecule has 24 heavy (non-hydrogen) atoms. The second-order valence-corrected chi connectivity index (χ2v) is 5.85. The quantitative estimate of drug-likeness (QED) is 0.735. The molecule has 1 aliphatic heterocycles. The molecule has 2 heterocycles. The van der Waals surface area contributed by atoms with Crippen molar-refractivity contribution in [3.63, 3.8) is 0 Å². The van der Waals surface area contributed by atoms with Gasteiger partial charge in [-0.15, -0.1) is 0 Å². The predicted octanol–water partition coefficient (Wildman–Crippen LogP) is 2.58. The van der Waals surface area contributed by atoms with Gasteiger partial charge in [-0.05, 0) is 30.3 Å². The van der Waals surface area contributed by atoms with E-state index in [0.29, 0.717) is 11.2 Å². The Morgan fingerprint density at radius 1 is 1.08 bits per heavy atom. The van der Waals surface area contributed by atoms with Gasteiger partial charge in [0.1, 0.15) is 5.52 Å². The Morgan fingerprint density at radius 2 is 1.92 bits per heavy atom. The van der Waals surface area contributed by atoms with Crippen molar-refractivity contribution in [1.82, 2.24) is 9.97 Å². The number of fused-ring (bicyclic) bond motifs is 2. The minimum atomic E-state index is -0.118. The molecule has 0 radical (unpaired) electrons. The number of hydrogen-bond donors (Lipinski definition) is 1. The summed E-state index contributed by atoms with van der Waals surface area (Å²) in [5, 5.41) is 2.81. The first kappa shape index (κ1) is 14.8. The lowest BCUT2D eigenvalue weighted by Gasteiger charge is -2.28. The number of rotatable bonds is 2. The Morgan fingerprint density at radius 3 is 2.71 bits per heavy atom. The van der Waals surface area contributed by atoms with Crippen molar-refractivity contribution in [2.24, 2.45) is 0 Å². The largest absolute Gasteiger partial charge is 0.378 e. The summed E-state index contributed by atoms with van der Waals surface area (Å²) in [5.74, 6) is -0.118. The molecule has 3 aromatic rings. The second-order valence-electron chi connectivity index (χ2n) is 5.85. The van der Waals surface area contributed by atoms with E-state index in [1.54, 1.807) is 0 Å². The van der Waals surface area contributed by atoms with Crippen LogP contribution in [0.4, 0.5) is 11.4 Å². The van der Waals surface area contributed by atoms with E-state index in [-0.39, 0.29) is 5.91 Å². The monoisotopic (exact) mass is 322 g/mol. The number of carbonyl (C=O) groups excluding carboxylic acids is 1. The summed E-state index contributed by atoms with van der Waals surface area (Å²) in [5.41, 5.74) is 4.97. The van der Waals surface area contributed by atoms with Crippen LogP contribution in [-0.4, -0.2) is 42.2 Å². The van der Waals surface area contributed by atoms with Gasteiger partial charge in [-0.25, -0.2) is 9.97 Å². The van der Waals surface area contributed by atoms with Gasteiger partial charge in [0.2, 0.25) is 5.91 Å². The molecule has 4 rings (SSSR count). The maximum Gasteiger partial charge on any atom is 0.221 e. The van der Waals surface area contributed by atoms with Crippen molar-refractivity contribution in [3.05, 3.63) is 36.4 Å². The van der Waals surface area contributed by atoms with E-state index in [1.807, 2.05) is 24.3 Å². The fourth-order valence-corrected chi connectivity index (χ4v) is 2.99. The molecule has 0 aliphatic carbocycles. The lowest BCUT2D eigenvalue weighted by molar-refractivity contribution is -0.114. The number of aromatic nitrogens is 2. The normalized spacial score (nSPS) is 15.0. The van der Waals surface area contributed by atoms with Gasteiger partial charge in [0, 0.05) is 25.7 Å². The summed E-state index contributed by atoms with van der Waals surface area (Å²) in [6.45, 7) is 4.77. The molecule has 6 heteroatoms. The van der Waals surface area contributed by atoms with Gasteiger partial charge < -0.3 is 15.0 Å². The Labute approximate surface area is 139 Å². The minimum Gasteiger partial charge on any atom is -0.378 e. The number of nitrogens with one attached hydrogen (secondary N) is 1. The lowest BCUT2D eigenvalue weighted by atomic mass is 10.2. The Bertz CT molecular complexity index is 919. The van der Waals surface area contributed by atoms with Gasteiger partial charge in [-0.3, -0.25) is 4.79 Å². The molecule has 1 fully saturated rings. The van der Waals surface area contributed by atoms with Crippen molar-refractivity contribution in [2.45, 2.75) is 6.92 Å². The van der Waals surface area contributed by atoms with Crippen molar-refractivity contribution in [1.29, 1.82) is 0 Å². The number of benzene rings is 2. The minimum absolute atomic E-state index is 0.118.